The van der Waals surface area contributed by atoms with Crippen molar-refractivity contribution in [3.63, 3.8) is 0 Å². The number of hydrogen-bond donors (Lipinski definition) is 4. The van der Waals surface area contributed by atoms with Gasteiger partial charge in [0.15, 0.2) is 19.6 Å². The van der Waals surface area contributed by atoms with Gasteiger partial charge in [-0.25, -0.2) is 9.59 Å². The zero-order chi connectivity index (χ0) is 55.0. The van der Waals surface area contributed by atoms with Crippen molar-refractivity contribution in [3.8, 4) is 11.5 Å². The Hall–Kier alpha value is -3.81. The number of nitrogens with zero attached hydrogens (tertiary/aromatic N) is 3. The zero-order valence-electron chi connectivity index (χ0n) is 44.5. The molecular formula is C48H79Cl2MgN5O18S. The van der Waals surface area contributed by atoms with Gasteiger partial charge in [-0.2, -0.15) is 0 Å². The number of rotatable bonds is 32. The van der Waals surface area contributed by atoms with Crippen LogP contribution in [0.2, 0.25) is 0 Å². The maximum Gasteiger partial charge on any atom is -1.00 e. The molecule has 27 heteroatoms. The number of esters is 2. The van der Waals surface area contributed by atoms with Gasteiger partial charge in [0.05, 0.1) is 67.0 Å². The van der Waals surface area contributed by atoms with Crippen molar-refractivity contribution in [2.75, 3.05) is 128 Å². The van der Waals surface area contributed by atoms with Gasteiger partial charge in [0, 0.05) is 50.4 Å². The molecule has 0 saturated heterocycles. The first-order valence-corrected chi connectivity index (χ1v) is 26.2. The second-order valence-corrected chi connectivity index (χ2v) is 17.7. The average molecular weight is 1140 g/mol. The van der Waals surface area contributed by atoms with Crippen molar-refractivity contribution >= 4 is 57.8 Å². The Bertz CT molecular complexity index is 2030. The number of ether oxygens (including phenoxy) is 11. The number of methoxy groups -OCH3 is 5. The van der Waals surface area contributed by atoms with Crippen LogP contribution in [-0.4, -0.2) is 210 Å². The molecule has 75 heavy (non-hydrogen) atoms. The summed E-state index contributed by atoms with van der Waals surface area (Å²) in [6, 6.07) is 20.9. The third kappa shape index (κ3) is 42.9. The van der Waals surface area contributed by atoms with E-state index < -0.39 is 19.3 Å². The smallest absolute Gasteiger partial charge is 1.00 e. The molecule has 0 heterocycles. The van der Waals surface area contributed by atoms with Crippen molar-refractivity contribution in [1.82, 2.24) is 4.90 Å². The third-order valence-electron chi connectivity index (χ3n) is 9.05. The van der Waals surface area contributed by atoms with Gasteiger partial charge >= 0.3 is 57.4 Å². The molecule has 3 unspecified atom stereocenters. The Morgan fingerprint density at radius 3 is 1.49 bits per heavy atom. The summed E-state index contributed by atoms with van der Waals surface area (Å²) >= 11 is 0.671. The summed E-state index contributed by atoms with van der Waals surface area (Å²) in [6.07, 6.45) is 4.02. The number of hydrogen-bond acceptors (Lipinski definition) is 20. The van der Waals surface area contributed by atoms with E-state index in [1.807, 2.05) is 60.7 Å². The summed E-state index contributed by atoms with van der Waals surface area (Å²) in [7, 11) is 4.15. The molecule has 0 amide bonds. The van der Waals surface area contributed by atoms with E-state index in [4.69, 9.17) is 57.2 Å². The molecule has 0 bridgehead atoms. The fourth-order valence-electron chi connectivity index (χ4n) is 4.94. The molecule has 0 fully saturated rings. The van der Waals surface area contributed by atoms with E-state index >= 15 is 0 Å². The average Bonchev–Trinajstić information content (AvgIpc) is 3.41. The molecule has 0 saturated carbocycles. The molecule has 0 radical (unpaired) electrons. The van der Waals surface area contributed by atoms with Gasteiger partial charge < -0.3 is 93.3 Å². The first kappa shape index (κ1) is 77.7. The molecule has 0 aromatic heterocycles. The van der Waals surface area contributed by atoms with E-state index in [1.54, 1.807) is 45.9 Å². The molecule has 3 aromatic carbocycles. The number of benzene rings is 3. The van der Waals surface area contributed by atoms with Crippen LogP contribution in [0.1, 0.15) is 47.8 Å². The summed E-state index contributed by atoms with van der Waals surface area (Å²) < 4.78 is 77.0. The number of carbonyl (C=O) groups is 3. The van der Waals surface area contributed by atoms with Gasteiger partial charge in [-0.3, -0.25) is 14.8 Å². The van der Waals surface area contributed by atoms with Crippen LogP contribution in [0.4, 0.5) is 0 Å². The van der Waals surface area contributed by atoms with Crippen molar-refractivity contribution in [3.05, 3.63) is 95.1 Å². The number of aldehydes is 1. The van der Waals surface area contributed by atoms with Crippen molar-refractivity contribution in [1.29, 1.82) is 0 Å². The minimum absolute atomic E-state index is 0. The van der Waals surface area contributed by atoms with Crippen LogP contribution in [0.3, 0.4) is 0 Å². The predicted octanol–water partition coefficient (Wildman–Crippen LogP) is -4.00. The molecule has 0 spiro atoms. The molecule has 426 valence electrons. The summed E-state index contributed by atoms with van der Waals surface area (Å²) in [4.78, 5) is 44.6. The second-order valence-electron chi connectivity index (χ2n) is 14.2. The molecule has 0 aliphatic rings. The zero-order valence-corrected chi connectivity index (χ0v) is 48.2. The van der Waals surface area contributed by atoms with Crippen molar-refractivity contribution < 1.29 is 121 Å². The SMILES string of the molecule is CCN(CC)CC.COC(=O)C([NH3+])C[NH3+].COCCOCOCc1ccccc1C=O.COCCOCOc1ccccc1C=NCC(N=Cc1ccccc1OCOCCOC)C(=O)OC.O=[S](O)(=[Mg])OO.[Cl-].[Cl-]. The molecule has 0 aliphatic heterocycles. The maximum atomic E-state index is 12.3. The topological polar surface area (TPSA) is 303 Å². The fraction of sp³-hybridized carbons (Fsp3) is 0.521. The van der Waals surface area contributed by atoms with Crippen LogP contribution < -0.4 is 45.8 Å². The summed E-state index contributed by atoms with van der Waals surface area (Å²) in [5.41, 5.74) is 9.94. The first-order chi connectivity index (χ1) is 35.2. The van der Waals surface area contributed by atoms with Gasteiger partial charge in [0.25, 0.3) is 0 Å². The second kappa shape index (κ2) is 53.6. The summed E-state index contributed by atoms with van der Waals surface area (Å²) in [5, 5.41) is 7.38. The van der Waals surface area contributed by atoms with Crippen LogP contribution in [0.5, 0.6) is 11.5 Å². The van der Waals surface area contributed by atoms with Gasteiger partial charge in [0.2, 0.25) is 6.04 Å². The number of aliphatic imine (C=N–C) groups is 2. The molecule has 23 nitrogen and oxygen atoms in total. The molecule has 0 aliphatic carbocycles. The Balaban J connectivity index is -0.000000527. The predicted molar refractivity (Wildman–Crippen MR) is 275 cm³/mol. The number of para-hydroxylation sites is 2. The Kier molecular flexibility index (Phi) is 55.5. The minimum Gasteiger partial charge on any atom is -1.00 e. The standard InChI is InChI=1S/C26H34N2O8.C12H16O4.C6H15N.C4H10N2O2.2ClH.Mg.H2O4S/c1-30-12-14-33-19-35-24-10-6-4-8-21(24)16-27-18-23(26(29)32-3)28-17-22-9-5-7-11-25(22)36-20-34-15-13-31-2;1-14-6-7-15-10-16-9-12-5-3-2-4-11(12)8-13;1-4-7(5-2)6-3;1-8-4(7)3(6)2-5;;;;1-4-5(2)3/h4-11,16-17,23H,12-15,18-20H2,1-3H3;2-5,8H,6-7,9-10H2,1H3;4-6H2,1-3H3;3H,2,5-6H2,1H3;2*1H;;1H,(H,2,3). The van der Waals surface area contributed by atoms with E-state index in [0.717, 1.165) is 17.4 Å². The normalized spacial score (nSPS) is 12.0. The molecule has 8 N–H and O–H groups in total. The van der Waals surface area contributed by atoms with Gasteiger partial charge in [-0.15, -0.1) is 0 Å². The minimum atomic E-state index is -3.33. The number of halogens is 2. The molecule has 3 rings (SSSR count). The van der Waals surface area contributed by atoms with Crippen molar-refractivity contribution in [2.45, 2.75) is 39.5 Å². The molecule has 3 atom stereocenters. The number of quaternary nitrogens is 2. The van der Waals surface area contributed by atoms with Crippen molar-refractivity contribution in [2.24, 2.45) is 9.98 Å². The van der Waals surface area contributed by atoms with Crippen LogP contribution in [-0.2, 0) is 70.5 Å². The Labute approximate surface area is 465 Å². The van der Waals surface area contributed by atoms with Crippen LogP contribution in [0.25, 0.3) is 0 Å². The summed E-state index contributed by atoms with van der Waals surface area (Å²) in [6.45, 7) is 14.3. The van der Waals surface area contributed by atoms with Crippen LogP contribution in [0.15, 0.2) is 82.8 Å². The first-order valence-electron chi connectivity index (χ1n) is 22.9. The largest absolute Gasteiger partial charge is 1.00 e. The quantitative estimate of drug-likeness (QED) is 0.00677. The van der Waals surface area contributed by atoms with E-state index in [9.17, 15) is 18.6 Å². The Morgan fingerprint density at radius 2 is 1.11 bits per heavy atom. The van der Waals surface area contributed by atoms with E-state index in [0.29, 0.717) is 95.2 Å². The summed E-state index contributed by atoms with van der Waals surface area (Å²) in [5.74, 6) is 0.390. The molecule has 3 aromatic rings. The molecular weight excluding hydrogens is 1060 g/mol. The third-order valence-corrected chi connectivity index (χ3v) is 9.60. The Morgan fingerprint density at radius 1 is 0.680 bits per heavy atom. The van der Waals surface area contributed by atoms with E-state index in [2.05, 4.69) is 56.2 Å². The van der Waals surface area contributed by atoms with E-state index in [-0.39, 0.29) is 63.7 Å². The van der Waals surface area contributed by atoms with Crippen LogP contribution >= 0.6 is 0 Å². The fourth-order valence-corrected chi connectivity index (χ4v) is 4.94. The van der Waals surface area contributed by atoms with Crippen LogP contribution in [0, 0.1) is 0 Å². The number of carbonyl (C=O) groups excluding carboxylic acids is 3. The van der Waals surface area contributed by atoms with E-state index in [1.165, 1.54) is 33.9 Å². The van der Waals surface area contributed by atoms with Gasteiger partial charge in [-0.1, -0.05) is 69.3 Å². The monoisotopic (exact) mass is 1140 g/mol. The maximum absolute atomic E-state index is 12.3. The van der Waals surface area contributed by atoms with Gasteiger partial charge in [0.1, 0.15) is 31.1 Å². The van der Waals surface area contributed by atoms with Gasteiger partial charge in [-0.05, 0) is 49.5 Å².